The molecule has 1 aromatic heterocycles. The SMILES string of the molecule is Cc1ccc(OCCNC(=O)COc2ccc3ccc(=O)oc3c2)cc1. The van der Waals surface area contributed by atoms with Crippen LogP contribution in [-0.2, 0) is 4.79 Å². The molecule has 1 amide bonds. The van der Waals surface area contributed by atoms with Gasteiger partial charge >= 0.3 is 5.63 Å². The summed E-state index contributed by atoms with van der Waals surface area (Å²) in [5.74, 6) is 0.962. The fourth-order valence-corrected chi connectivity index (χ4v) is 2.32. The second-order valence-electron chi connectivity index (χ2n) is 5.75. The lowest BCUT2D eigenvalue weighted by atomic mass is 10.2. The number of carbonyl (C=O) groups excluding carboxylic acids is 1. The number of aryl methyl sites for hydroxylation is 1. The van der Waals surface area contributed by atoms with Gasteiger partial charge in [0.2, 0.25) is 0 Å². The highest BCUT2D eigenvalue weighted by Crippen LogP contribution is 2.19. The maximum Gasteiger partial charge on any atom is 0.336 e. The molecule has 0 saturated carbocycles. The van der Waals surface area contributed by atoms with Gasteiger partial charge in [0.05, 0.1) is 6.54 Å². The summed E-state index contributed by atoms with van der Waals surface area (Å²) in [5, 5.41) is 3.51. The number of benzene rings is 2. The molecule has 134 valence electrons. The molecule has 0 unspecified atom stereocenters. The van der Waals surface area contributed by atoms with E-state index in [1.165, 1.54) is 6.07 Å². The smallest absolute Gasteiger partial charge is 0.336 e. The Morgan fingerprint density at radius 3 is 2.54 bits per heavy atom. The highest BCUT2D eigenvalue weighted by Gasteiger charge is 2.05. The third kappa shape index (κ3) is 4.86. The third-order valence-electron chi connectivity index (χ3n) is 3.68. The van der Waals surface area contributed by atoms with E-state index in [2.05, 4.69) is 5.32 Å². The van der Waals surface area contributed by atoms with Crippen LogP contribution in [0.2, 0.25) is 0 Å². The van der Waals surface area contributed by atoms with E-state index in [1.54, 1.807) is 24.3 Å². The van der Waals surface area contributed by atoms with Crippen molar-refractivity contribution < 1.29 is 18.7 Å². The van der Waals surface area contributed by atoms with Crippen molar-refractivity contribution in [2.24, 2.45) is 0 Å². The molecule has 0 fully saturated rings. The topological polar surface area (TPSA) is 77.8 Å². The molecule has 0 aliphatic heterocycles. The maximum absolute atomic E-state index is 11.8. The van der Waals surface area contributed by atoms with Crippen LogP contribution in [0.15, 0.2) is 63.8 Å². The molecule has 0 atom stereocenters. The Morgan fingerprint density at radius 2 is 1.73 bits per heavy atom. The lowest BCUT2D eigenvalue weighted by Gasteiger charge is -2.09. The van der Waals surface area contributed by atoms with Crippen molar-refractivity contribution in [1.29, 1.82) is 0 Å². The van der Waals surface area contributed by atoms with Crippen molar-refractivity contribution in [2.45, 2.75) is 6.92 Å². The fraction of sp³-hybridized carbons (Fsp3) is 0.200. The highest BCUT2D eigenvalue weighted by atomic mass is 16.5. The molecular weight excluding hydrogens is 334 g/mol. The van der Waals surface area contributed by atoms with Gasteiger partial charge in [-0.15, -0.1) is 0 Å². The first-order chi connectivity index (χ1) is 12.6. The third-order valence-corrected chi connectivity index (χ3v) is 3.68. The van der Waals surface area contributed by atoms with Gasteiger partial charge in [0.1, 0.15) is 23.7 Å². The molecule has 3 aromatic rings. The molecule has 1 N–H and O–H groups in total. The number of rotatable bonds is 7. The predicted octanol–water partition coefficient (Wildman–Crippen LogP) is 2.68. The maximum atomic E-state index is 11.8. The van der Waals surface area contributed by atoms with Crippen LogP contribution in [0.5, 0.6) is 11.5 Å². The Labute approximate surface area is 150 Å². The minimum atomic E-state index is -0.430. The van der Waals surface area contributed by atoms with Crippen molar-refractivity contribution in [2.75, 3.05) is 19.8 Å². The van der Waals surface area contributed by atoms with Crippen molar-refractivity contribution in [1.82, 2.24) is 5.32 Å². The average Bonchev–Trinajstić information content (AvgIpc) is 2.64. The number of amides is 1. The minimum Gasteiger partial charge on any atom is -0.492 e. The summed E-state index contributed by atoms with van der Waals surface area (Å²) in [6.45, 7) is 2.62. The summed E-state index contributed by atoms with van der Waals surface area (Å²) in [7, 11) is 0. The first-order valence-electron chi connectivity index (χ1n) is 8.23. The van der Waals surface area contributed by atoms with E-state index in [-0.39, 0.29) is 12.5 Å². The van der Waals surface area contributed by atoms with E-state index in [9.17, 15) is 9.59 Å². The van der Waals surface area contributed by atoms with Crippen molar-refractivity contribution in [3.63, 3.8) is 0 Å². The molecule has 3 rings (SSSR count). The van der Waals surface area contributed by atoms with Gasteiger partial charge in [0.15, 0.2) is 6.61 Å². The zero-order valence-electron chi connectivity index (χ0n) is 14.4. The molecule has 0 bridgehead atoms. The molecule has 6 nitrogen and oxygen atoms in total. The summed E-state index contributed by atoms with van der Waals surface area (Å²) in [4.78, 5) is 23.1. The van der Waals surface area contributed by atoms with Crippen LogP contribution in [0.3, 0.4) is 0 Å². The fourth-order valence-electron chi connectivity index (χ4n) is 2.32. The monoisotopic (exact) mass is 353 g/mol. The first kappa shape index (κ1) is 17.5. The zero-order valence-corrected chi connectivity index (χ0v) is 14.4. The van der Waals surface area contributed by atoms with Gasteiger partial charge in [-0.1, -0.05) is 17.7 Å². The van der Waals surface area contributed by atoms with Gasteiger partial charge in [0.25, 0.3) is 5.91 Å². The molecule has 1 heterocycles. The van der Waals surface area contributed by atoms with E-state index < -0.39 is 5.63 Å². The molecule has 26 heavy (non-hydrogen) atoms. The molecule has 0 aliphatic carbocycles. The Kier molecular flexibility index (Phi) is 5.53. The summed E-state index contributed by atoms with van der Waals surface area (Å²) in [6, 6.07) is 15.8. The number of hydrogen-bond donors (Lipinski definition) is 1. The number of carbonyl (C=O) groups is 1. The van der Waals surface area contributed by atoms with E-state index >= 15 is 0 Å². The summed E-state index contributed by atoms with van der Waals surface area (Å²) in [6.07, 6.45) is 0. The molecule has 0 spiro atoms. The zero-order chi connectivity index (χ0) is 18.4. The number of nitrogens with one attached hydrogen (secondary N) is 1. The molecule has 0 radical (unpaired) electrons. The van der Waals surface area contributed by atoms with Crippen LogP contribution in [0, 0.1) is 6.92 Å². The van der Waals surface area contributed by atoms with Crippen LogP contribution in [-0.4, -0.2) is 25.7 Å². The summed E-state index contributed by atoms with van der Waals surface area (Å²) in [5.41, 5.74) is 1.15. The Morgan fingerprint density at radius 1 is 1.00 bits per heavy atom. The van der Waals surface area contributed by atoms with Crippen LogP contribution in [0.1, 0.15) is 5.56 Å². The van der Waals surface area contributed by atoms with E-state index in [0.717, 1.165) is 16.7 Å². The quantitative estimate of drug-likeness (QED) is 0.522. The first-order valence-corrected chi connectivity index (χ1v) is 8.23. The lowest BCUT2D eigenvalue weighted by molar-refractivity contribution is -0.123. The number of ether oxygens (including phenoxy) is 2. The van der Waals surface area contributed by atoms with Gasteiger partial charge in [-0.05, 0) is 37.3 Å². The van der Waals surface area contributed by atoms with Crippen molar-refractivity contribution in [3.05, 3.63) is 70.6 Å². The summed E-state index contributed by atoms with van der Waals surface area (Å²) < 4.78 is 16.1. The van der Waals surface area contributed by atoms with E-state index in [1.807, 2.05) is 31.2 Å². The predicted molar refractivity (Wildman–Crippen MR) is 97.7 cm³/mol. The van der Waals surface area contributed by atoms with E-state index in [0.29, 0.717) is 24.5 Å². The highest BCUT2D eigenvalue weighted by molar-refractivity contribution is 5.79. The van der Waals surface area contributed by atoms with Crippen LogP contribution in [0.25, 0.3) is 11.0 Å². The van der Waals surface area contributed by atoms with Gasteiger partial charge in [-0.2, -0.15) is 0 Å². The molecular formula is C20H19NO5. The van der Waals surface area contributed by atoms with Gasteiger partial charge in [0, 0.05) is 17.5 Å². The second-order valence-corrected chi connectivity index (χ2v) is 5.75. The average molecular weight is 353 g/mol. The van der Waals surface area contributed by atoms with E-state index in [4.69, 9.17) is 13.9 Å². The molecule has 0 saturated heterocycles. The summed E-state index contributed by atoms with van der Waals surface area (Å²) >= 11 is 0. The van der Waals surface area contributed by atoms with Crippen LogP contribution >= 0.6 is 0 Å². The standard InChI is InChI=1S/C20H19NO5/c1-14-2-6-16(7-3-14)24-11-10-21-19(22)13-25-17-8-4-15-5-9-20(23)26-18(15)12-17/h2-9,12H,10-11,13H2,1H3,(H,21,22). The van der Waals surface area contributed by atoms with Gasteiger partial charge in [-0.25, -0.2) is 4.79 Å². The minimum absolute atomic E-state index is 0.132. The molecule has 6 heteroatoms. The van der Waals surface area contributed by atoms with Crippen LogP contribution < -0.4 is 20.4 Å². The normalized spacial score (nSPS) is 10.5. The lowest BCUT2D eigenvalue weighted by Crippen LogP contribution is -2.32. The van der Waals surface area contributed by atoms with Gasteiger partial charge < -0.3 is 19.2 Å². The number of fused-ring (bicyclic) bond motifs is 1. The Hall–Kier alpha value is -3.28. The molecule has 2 aromatic carbocycles. The van der Waals surface area contributed by atoms with Crippen molar-refractivity contribution >= 4 is 16.9 Å². The molecule has 0 aliphatic rings. The Bertz CT molecular complexity index is 946. The van der Waals surface area contributed by atoms with Crippen LogP contribution in [0.4, 0.5) is 0 Å². The second kappa shape index (κ2) is 8.20. The largest absolute Gasteiger partial charge is 0.492 e. The Balaban J connectivity index is 1.42. The van der Waals surface area contributed by atoms with Gasteiger partial charge in [-0.3, -0.25) is 4.79 Å². The van der Waals surface area contributed by atoms with Crippen molar-refractivity contribution in [3.8, 4) is 11.5 Å². The number of hydrogen-bond acceptors (Lipinski definition) is 5.